The molecule has 5 aromatic carbocycles. The van der Waals surface area contributed by atoms with Crippen LogP contribution in [0.3, 0.4) is 0 Å². The van der Waals surface area contributed by atoms with Crippen LogP contribution in [0.2, 0.25) is 0 Å². The Hall–Kier alpha value is -6.68. The standard InChI is InChI=1S/C38H20N6/c39-20-24-11-13-30-28-7-1-3-9-33(28)43(36(30)16-24)35-19-32(26-6-5-15-42-23-26)38(18-27(35)22-41)44-34-10-4-2-8-29(34)31-14-12-25(21-40)17-37(31)44/h1-19,23H. The molecule has 8 rings (SSSR count). The molecule has 202 valence electrons. The quantitative estimate of drug-likeness (QED) is 0.216. The van der Waals surface area contributed by atoms with Crippen LogP contribution in [0.1, 0.15) is 16.7 Å². The molecule has 0 fully saturated rings. The highest BCUT2D eigenvalue weighted by Crippen LogP contribution is 2.40. The first-order chi connectivity index (χ1) is 21.7. The smallest absolute Gasteiger partial charge is 0.101 e. The fraction of sp³-hybridized carbons (Fsp3) is 0. The summed E-state index contributed by atoms with van der Waals surface area (Å²) in [6.07, 6.45) is 3.56. The lowest BCUT2D eigenvalue weighted by Gasteiger charge is -2.18. The average molecular weight is 561 g/mol. The molecule has 0 amide bonds. The van der Waals surface area contributed by atoms with Crippen LogP contribution in [0.15, 0.2) is 122 Å². The number of hydrogen-bond acceptors (Lipinski definition) is 4. The van der Waals surface area contributed by atoms with E-state index in [1.165, 1.54) is 0 Å². The van der Waals surface area contributed by atoms with Crippen molar-refractivity contribution in [3.05, 3.63) is 138 Å². The van der Waals surface area contributed by atoms with E-state index in [-0.39, 0.29) is 0 Å². The van der Waals surface area contributed by atoms with E-state index in [4.69, 9.17) is 0 Å². The highest BCUT2D eigenvalue weighted by atomic mass is 15.0. The first kappa shape index (κ1) is 25.1. The van der Waals surface area contributed by atoms with Crippen molar-refractivity contribution in [3.63, 3.8) is 0 Å². The molecule has 3 heterocycles. The third-order valence-corrected chi connectivity index (χ3v) is 8.29. The van der Waals surface area contributed by atoms with E-state index in [0.29, 0.717) is 22.4 Å². The Kier molecular flexibility index (Phi) is 5.53. The molecule has 6 nitrogen and oxygen atoms in total. The van der Waals surface area contributed by atoms with Crippen molar-refractivity contribution in [2.75, 3.05) is 0 Å². The summed E-state index contributed by atoms with van der Waals surface area (Å²) >= 11 is 0. The van der Waals surface area contributed by atoms with Crippen LogP contribution in [0.5, 0.6) is 0 Å². The molecule has 0 radical (unpaired) electrons. The maximum absolute atomic E-state index is 10.7. The van der Waals surface area contributed by atoms with Gasteiger partial charge in [0, 0.05) is 45.1 Å². The largest absolute Gasteiger partial charge is 0.309 e. The van der Waals surface area contributed by atoms with Crippen LogP contribution >= 0.6 is 0 Å². The van der Waals surface area contributed by atoms with Gasteiger partial charge >= 0.3 is 0 Å². The normalized spacial score (nSPS) is 11.1. The van der Waals surface area contributed by atoms with Gasteiger partial charge in [0.25, 0.3) is 0 Å². The Balaban J connectivity index is 1.54. The van der Waals surface area contributed by atoms with Crippen molar-refractivity contribution in [1.82, 2.24) is 14.1 Å². The van der Waals surface area contributed by atoms with Gasteiger partial charge < -0.3 is 9.13 Å². The number of hydrogen-bond donors (Lipinski definition) is 0. The minimum atomic E-state index is 0.472. The molecule has 8 aromatic rings. The van der Waals surface area contributed by atoms with E-state index >= 15 is 0 Å². The van der Waals surface area contributed by atoms with Gasteiger partial charge in [-0.15, -0.1) is 0 Å². The number of pyridine rings is 1. The lowest BCUT2D eigenvalue weighted by atomic mass is 10.0. The predicted molar refractivity (Wildman–Crippen MR) is 172 cm³/mol. The molecule has 0 aliphatic heterocycles. The summed E-state index contributed by atoms with van der Waals surface area (Å²) in [4.78, 5) is 4.43. The van der Waals surface area contributed by atoms with Crippen molar-refractivity contribution >= 4 is 43.6 Å². The summed E-state index contributed by atoms with van der Waals surface area (Å²) in [6.45, 7) is 0. The number of para-hydroxylation sites is 2. The van der Waals surface area contributed by atoms with E-state index in [1.54, 1.807) is 6.20 Å². The van der Waals surface area contributed by atoms with Gasteiger partial charge in [0.15, 0.2) is 0 Å². The number of benzene rings is 5. The molecule has 0 atom stereocenters. The minimum Gasteiger partial charge on any atom is -0.309 e. The van der Waals surface area contributed by atoms with Crippen LogP contribution in [-0.4, -0.2) is 14.1 Å². The highest BCUT2D eigenvalue weighted by Gasteiger charge is 2.22. The van der Waals surface area contributed by atoms with Crippen LogP contribution in [0, 0.1) is 34.0 Å². The number of nitrogens with zero attached hydrogens (tertiary/aromatic N) is 6. The van der Waals surface area contributed by atoms with Crippen molar-refractivity contribution < 1.29 is 0 Å². The lowest BCUT2D eigenvalue weighted by Crippen LogP contribution is -2.04. The SMILES string of the molecule is N#Cc1ccc2c3ccccc3n(-c3cc(-c4cccnc4)c(-n4c5ccccc5c5ccc(C#N)cc54)cc3C#N)c2c1. The topological polar surface area (TPSA) is 94.1 Å². The monoisotopic (exact) mass is 560 g/mol. The van der Waals surface area contributed by atoms with Crippen molar-refractivity contribution in [2.24, 2.45) is 0 Å². The minimum absolute atomic E-state index is 0.472. The molecule has 0 aliphatic rings. The first-order valence-electron chi connectivity index (χ1n) is 14.1. The molecule has 0 saturated heterocycles. The Morgan fingerprint density at radius 2 is 1.07 bits per heavy atom. The average Bonchev–Trinajstić information content (AvgIpc) is 3.59. The molecule has 0 aliphatic carbocycles. The molecule has 0 saturated carbocycles. The van der Waals surface area contributed by atoms with Gasteiger partial charge in [-0.2, -0.15) is 15.8 Å². The second-order valence-corrected chi connectivity index (χ2v) is 10.6. The third-order valence-electron chi connectivity index (χ3n) is 8.29. The third kappa shape index (κ3) is 3.61. The van der Waals surface area contributed by atoms with Gasteiger partial charge in [-0.05, 0) is 54.6 Å². The van der Waals surface area contributed by atoms with Gasteiger partial charge in [-0.25, -0.2) is 0 Å². The van der Waals surface area contributed by atoms with Gasteiger partial charge in [0.1, 0.15) is 6.07 Å². The zero-order valence-corrected chi connectivity index (χ0v) is 23.2. The first-order valence-corrected chi connectivity index (χ1v) is 14.1. The Morgan fingerprint density at radius 3 is 1.61 bits per heavy atom. The fourth-order valence-corrected chi connectivity index (χ4v) is 6.39. The molecular weight excluding hydrogens is 540 g/mol. The fourth-order valence-electron chi connectivity index (χ4n) is 6.39. The molecule has 3 aromatic heterocycles. The van der Waals surface area contributed by atoms with Crippen molar-refractivity contribution in [2.45, 2.75) is 0 Å². The lowest BCUT2D eigenvalue weighted by molar-refractivity contribution is 1.13. The Labute approximate surface area is 252 Å². The molecule has 0 bridgehead atoms. The second kappa shape index (κ2) is 9.71. The van der Waals surface area contributed by atoms with Gasteiger partial charge in [-0.3, -0.25) is 4.98 Å². The Morgan fingerprint density at radius 1 is 0.500 bits per heavy atom. The van der Waals surface area contributed by atoms with Crippen LogP contribution in [0.4, 0.5) is 0 Å². The maximum atomic E-state index is 10.7. The maximum Gasteiger partial charge on any atom is 0.101 e. The molecule has 0 unspecified atom stereocenters. The summed E-state index contributed by atoms with van der Waals surface area (Å²) in [5, 5.41) is 34.3. The second-order valence-electron chi connectivity index (χ2n) is 10.6. The van der Waals surface area contributed by atoms with Crippen LogP contribution < -0.4 is 0 Å². The summed E-state index contributed by atoms with van der Waals surface area (Å²) in [5.74, 6) is 0. The molecule has 0 N–H and O–H groups in total. The Bertz CT molecular complexity index is 2580. The number of fused-ring (bicyclic) bond motifs is 6. The van der Waals surface area contributed by atoms with Gasteiger partial charge in [0.05, 0.1) is 62.3 Å². The number of rotatable bonds is 3. The van der Waals surface area contributed by atoms with E-state index in [1.807, 2.05) is 97.2 Å². The number of aromatic nitrogens is 3. The van der Waals surface area contributed by atoms with Crippen molar-refractivity contribution in [3.8, 4) is 40.7 Å². The molecular formula is C38H20N6. The van der Waals surface area contributed by atoms with E-state index in [2.05, 4.69) is 50.5 Å². The van der Waals surface area contributed by atoms with E-state index in [0.717, 1.165) is 60.4 Å². The molecule has 6 heteroatoms. The summed E-state index contributed by atoms with van der Waals surface area (Å²) in [7, 11) is 0. The van der Waals surface area contributed by atoms with Gasteiger partial charge in [0.2, 0.25) is 0 Å². The van der Waals surface area contributed by atoms with Crippen molar-refractivity contribution in [1.29, 1.82) is 15.8 Å². The predicted octanol–water partition coefficient (Wildman–Crippen LogP) is 8.56. The van der Waals surface area contributed by atoms with E-state index < -0.39 is 0 Å². The zero-order valence-electron chi connectivity index (χ0n) is 23.2. The highest BCUT2D eigenvalue weighted by molar-refractivity contribution is 6.11. The summed E-state index contributed by atoms with van der Waals surface area (Å²) < 4.78 is 4.21. The van der Waals surface area contributed by atoms with E-state index in [9.17, 15) is 15.8 Å². The molecule has 0 spiro atoms. The van der Waals surface area contributed by atoms with Crippen LogP contribution in [-0.2, 0) is 0 Å². The zero-order chi connectivity index (χ0) is 29.8. The summed E-state index contributed by atoms with van der Waals surface area (Å²) in [5.41, 5.74) is 8.47. The number of nitriles is 3. The van der Waals surface area contributed by atoms with Gasteiger partial charge in [-0.1, -0.05) is 54.6 Å². The molecule has 44 heavy (non-hydrogen) atoms. The van der Waals surface area contributed by atoms with Crippen LogP contribution in [0.25, 0.3) is 66.1 Å². The summed E-state index contributed by atoms with van der Waals surface area (Å²) in [6, 6.07) is 42.5.